The third kappa shape index (κ3) is 4.85. The summed E-state index contributed by atoms with van der Waals surface area (Å²) >= 11 is 0. The number of nitrogens with zero attached hydrogens (tertiary/aromatic N) is 2. The van der Waals surface area contributed by atoms with Gasteiger partial charge in [0.25, 0.3) is 0 Å². The predicted octanol–water partition coefficient (Wildman–Crippen LogP) is 1.87. The molecule has 0 spiro atoms. The van der Waals surface area contributed by atoms with Crippen LogP contribution in [-0.2, 0) is 19.4 Å². The summed E-state index contributed by atoms with van der Waals surface area (Å²) in [6.07, 6.45) is 3.72. The second kappa shape index (κ2) is 8.76. The molecule has 1 aliphatic heterocycles. The van der Waals surface area contributed by atoms with E-state index in [0.29, 0.717) is 6.54 Å². The van der Waals surface area contributed by atoms with Crippen LogP contribution in [0.2, 0.25) is 0 Å². The minimum Gasteiger partial charge on any atom is -0.493 e. The topological polar surface area (TPSA) is 74.3 Å². The average molecular weight is 427 g/mol. The van der Waals surface area contributed by atoms with Crippen LogP contribution >= 0.6 is 24.0 Å². The molecule has 0 fully saturated rings. The van der Waals surface area contributed by atoms with Crippen molar-refractivity contribution in [2.24, 2.45) is 4.99 Å². The van der Waals surface area contributed by atoms with Crippen molar-refractivity contribution in [3.05, 3.63) is 47.3 Å². The van der Waals surface area contributed by atoms with Gasteiger partial charge in [-0.2, -0.15) is 5.10 Å². The molecule has 124 valence electrons. The number of aromatic nitrogens is 2. The Balaban J connectivity index is 0.00000192. The van der Waals surface area contributed by atoms with Crippen molar-refractivity contribution in [1.29, 1.82) is 0 Å². The maximum absolute atomic E-state index is 5.53. The Morgan fingerprint density at radius 3 is 3.04 bits per heavy atom. The first-order valence-corrected chi connectivity index (χ1v) is 7.52. The molecule has 0 atom stereocenters. The second-order valence-corrected chi connectivity index (χ2v) is 5.22. The predicted molar refractivity (Wildman–Crippen MR) is 102 cm³/mol. The number of ether oxygens (including phenoxy) is 1. The number of halogens is 1. The van der Waals surface area contributed by atoms with Gasteiger partial charge in [-0.1, -0.05) is 12.1 Å². The lowest BCUT2D eigenvalue weighted by Crippen LogP contribution is -2.37. The average Bonchev–Trinajstić information content (AvgIpc) is 3.21. The quantitative estimate of drug-likeness (QED) is 0.387. The van der Waals surface area contributed by atoms with E-state index < -0.39 is 0 Å². The van der Waals surface area contributed by atoms with Gasteiger partial charge in [0.15, 0.2) is 5.96 Å². The number of benzene rings is 1. The van der Waals surface area contributed by atoms with Gasteiger partial charge < -0.3 is 15.4 Å². The van der Waals surface area contributed by atoms with E-state index in [9.17, 15) is 0 Å². The minimum absolute atomic E-state index is 0. The highest BCUT2D eigenvalue weighted by Gasteiger charge is 2.11. The number of fused-ring (bicyclic) bond motifs is 1. The summed E-state index contributed by atoms with van der Waals surface area (Å²) in [6.45, 7) is 2.32. The number of hydrogen-bond donors (Lipinski definition) is 3. The third-order valence-corrected chi connectivity index (χ3v) is 3.69. The normalized spacial score (nSPS) is 13.0. The summed E-state index contributed by atoms with van der Waals surface area (Å²) in [5.74, 6) is 1.83. The zero-order valence-electron chi connectivity index (χ0n) is 13.1. The molecule has 2 heterocycles. The number of hydrogen-bond acceptors (Lipinski definition) is 3. The van der Waals surface area contributed by atoms with Gasteiger partial charge in [-0.3, -0.25) is 10.1 Å². The molecule has 0 unspecified atom stereocenters. The van der Waals surface area contributed by atoms with E-state index in [1.54, 1.807) is 13.2 Å². The van der Waals surface area contributed by atoms with Crippen LogP contribution in [-0.4, -0.2) is 36.4 Å². The van der Waals surface area contributed by atoms with Crippen molar-refractivity contribution in [3.63, 3.8) is 0 Å². The van der Waals surface area contributed by atoms with Gasteiger partial charge in [0.1, 0.15) is 5.75 Å². The van der Waals surface area contributed by atoms with Gasteiger partial charge in [0.05, 0.1) is 18.8 Å². The molecular formula is C16H22IN5O. The minimum atomic E-state index is 0. The highest BCUT2D eigenvalue weighted by Crippen LogP contribution is 2.25. The smallest absolute Gasteiger partial charge is 0.191 e. The highest BCUT2D eigenvalue weighted by molar-refractivity contribution is 14.0. The largest absolute Gasteiger partial charge is 0.493 e. The monoisotopic (exact) mass is 427 g/mol. The molecule has 3 rings (SSSR count). The molecule has 0 bridgehead atoms. The second-order valence-electron chi connectivity index (χ2n) is 5.22. The van der Waals surface area contributed by atoms with Gasteiger partial charge in [-0.15, -0.1) is 24.0 Å². The summed E-state index contributed by atoms with van der Waals surface area (Å²) in [4.78, 5) is 4.22. The first-order valence-electron chi connectivity index (χ1n) is 7.52. The fraction of sp³-hybridized carbons (Fsp3) is 0.375. The molecule has 6 nitrogen and oxygen atoms in total. The zero-order chi connectivity index (χ0) is 15.2. The van der Waals surface area contributed by atoms with Gasteiger partial charge in [0, 0.05) is 26.2 Å². The van der Waals surface area contributed by atoms with Crippen molar-refractivity contribution in [2.45, 2.75) is 19.4 Å². The molecule has 23 heavy (non-hydrogen) atoms. The summed E-state index contributed by atoms with van der Waals surface area (Å²) in [6, 6.07) is 8.38. The van der Waals surface area contributed by atoms with Crippen molar-refractivity contribution >= 4 is 29.9 Å². The van der Waals surface area contributed by atoms with E-state index >= 15 is 0 Å². The lowest BCUT2D eigenvalue weighted by molar-refractivity contribution is 0.357. The lowest BCUT2D eigenvalue weighted by Gasteiger charge is -2.11. The molecule has 0 saturated carbocycles. The van der Waals surface area contributed by atoms with E-state index in [1.807, 2.05) is 6.07 Å². The fourth-order valence-electron chi connectivity index (χ4n) is 2.50. The number of rotatable bonds is 5. The van der Waals surface area contributed by atoms with Crippen molar-refractivity contribution < 1.29 is 4.74 Å². The van der Waals surface area contributed by atoms with Gasteiger partial charge in [-0.05, 0) is 29.7 Å². The Hall–Kier alpha value is -1.77. The fourth-order valence-corrected chi connectivity index (χ4v) is 2.50. The molecule has 2 aromatic rings. The van der Waals surface area contributed by atoms with Crippen LogP contribution < -0.4 is 15.4 Å². The van der Waals surface area contributed by atoms with E-state index in [0.717, 1.165) is 43.4 Å². The van der Waals surface area contributed by atoms with Crippen molar-refractivity contribution in [3.8, 4) is 5.75 Å². The molecule has 0 amide bonds. The molecule has 3 N–H and O–H groups in total. The first-order chi connectivity index (χ1) is 10.8. The van der Waals surface area contributed by atoms with Gasteiger partial charge in [-0.25, -0.2) is 0 Å². The van der Waals surface area contributed by atoms with E-state index in [4.69, 9.17) is 4.74 Å². The molecule has 0 aliphatic carbocycles. The maximum atomic E-state index is 5.53. The first kappa shape index (κ1) is 17.6. The van der Waals surface area contributed by atoms with Crippen LogP contribution in [0, 0.1) is 0 Å². The van der Waals surface area contributed by atoms with Crippen LogP contribution in [0.3, 0.4) is 0 Å². The Bertz CT molecular complexity index is 642. The van der Waals surface area contributed by atoms with Crippen LogP contribution in [0.5, 0.6) is 5.75 Å². The standard InChI is InChI=1S/C16H21N5O.HI/c1-17-16(19-11-14-5-8-20-21-14)18-7-4-12-2-3-15-13(10-12)6-9-22-15;/h2-3,5,8,10H,4,6-7,9,11H2,1H3,(H,20,21)(H2,17,18,19);1H. The summed E-state index contributed by atoms with van der Waals surface area (Å²) in [5.41, 5.74) is 3.67. The number of H-pyrrole nitrogens is 1. The number of nitrogens with one attached hydrogen (secondary N) is 3. The molecule has 7 heteroatoms. The summed E-state index contributed by atoms with van der Waals surface area (Å²) in [7, 11) is 1.77. The van der Waals surface area contributed by atoms with Crippen LogP contribution in [0.1, 0.15) is 16.8 Å². The van der Waals surface area contributed by atoms with E-state index in [2.05, 4.69) is 44.0 Å². The van der Waals surface area contributed by atoms with Crippen molar-refractivity contribution in [2.75, 3.05) is 20.2 Å². The maximum Gasteiger partial charge on any atom is 0.191 e. The SMILES string of the molecule is CN=C(NCCc1ccc2c(c1)CCO2)NCc1ccn[nH]1.I. The van der Waals surface area contributed by atoms with Crippen LogP contribution in [0.4, 0.5) is 0 Å². The van der Waals surface area contributed by atoms with Crippen LogP contribution in [0.25, 0.3) is 0 Å². The summed E-state index contributed by atoms with van der Waals surface area (Å²) in [5, 5.41) is 13.4. The Labute approximate surface area is 153 Å². The Kier molecular flexibility index (Phi) is 6.69. The molecule has 1 aromatic carbocycles. The Morgan fingerprint density at radius 2 is 2.26 bits per heavy atom. The van der Waals surface area contributed by atoms with Gasteiger partial charge in [0.2, 0.25) is 0 Å². The highest BCUT2D eigenvalue weighted by atomic mass is 127. The number of guanidine groups is 1. The summed E-state index contributed by atoms with van der Waals surface area (Å²) < 4.78 is 5.53. The third-order valence-electron chi connectivity index (χ3n) is 3.69. The number of aliphatic imine (C=N–C) groups is 1. The number of aromatic amines is 1. The van der Waals surface area contributed by atoms with E-state index in [1.165, 1.54) is 11.1 Å². The molecule has 0 saturated heterocycles. The van der Waals surface area contributed by atoms with Gasteiger partial charge >= 0.3 is 0 Å². The van der Waals surface area contributed by atoms with Crippen LogP contribution in [0.15, 0.2) is 35.5 Å². The molecular weight excluding hydrogens is 405 g/mol. The molecule has 1 aromatic heterocycles. The van der Waals surface area contributed by atoms with E-state index in [-0.39, 0.29) is 24.0 Å². The van der Waals surface area contributed by atoms with Crippen molar-refractivity contribution in [1.82, 2.24) is 20.8 Å². The zero-order valence-corrected chi connectivity index (χ0v) is 15.5. The molecule has 0 radical (unpaired) electrons. The Morgan fingerprint density at radius 1 is 1.35 bits per heavy atom. The lowest BCUT2D eigenvalue weighted by atomic mass is 10.1. The molecule has 1 aliphatic rings.